The van der Waals surface area contributed by atoms with E-state index in [1.807, 2.05) is 36.4 Å². The topological polar surface area (TPSA) is 69.8 Å². The van der Waals surface area contributed by atoms with Crippen LogP contribution in [-0.2, 0) is 0 Å². The van der Waals surface area contributed by atoms with E-state index in [-0.39, 0.29) is 11.3 Å². The summed E-state index contributed by atoms with van der Waals surface area (Å²) in [5.74, 6) is -0.140. The summed E-state index contributed by atoms with van der Waals surface area (Å²) in [5.41, 5.74) is 2.12. The molecule has 114 valence electrons. The highest BCUT2D eigenvalue weighted by atomic mass is 35.5. The molecule has 0 aliphatic rings. The van der Waals surface area contributed by atoms with Crippen LogP contribution in [0.25, 0.3) is 21.9 Å². The standard InChI is InChI=1S/C16H10ClN3OS2/c1-9-14(23-16(17)19-9)13(21)11(7-18)12-8-22-15(20-12)10-5-3-2-4-6-10/h2-6,8,21H,1H3/b13-11-. The second-order valence-corrected chi connectivity index (χ2v) is 7.06. The number of aromatic nitrogens is 2. The number of nitrogens with zero attached hydrogens (tertiary/aromatic N) is 3. The van der Waals surface area contributed by atoms with E-state index in [4.69, 9.17) is 11.6 Å². The molecule has 0 bridgehead atoms. The Labute approximate surface area is 146 Å². The second kappa shape index (κ2) is 6.50. The number of rotatable bonds is 3. The third-order valence-corrected chi connectivity index (χ3v) is 5.28. The number of aliphatic hydroxyl groups is 1. The molecule has 0 unspecified atom stereocenters. The molecule has 1 N–H and O–H groups in total. The van der Waals surface area contributed by atoms with Gasteiger partial charge in [-0.1, -0.05) is 53.3 Å². The summed E-state index contributed by atoms with van der Waals surface area (Å²) in [5, 5.41) is 22.4. The molecule has 0 radical (unpaired) electrons. The van der Waals surface area contributed by atoms with Gasteiger partial charge in [-0.2, -0.15) is 5.26 Å². The number of thiazole rings is 2. The molecule has 0 spiro atoms. The lowest BCUT2D eigenvalue weighted by Crippen LogP contribution is -1.91. The maximum atomic E-state index is 10.4. The first kappa shape index (κ1) is 15.7. The van der Waals surface area contributed by atoms with E-state index in [1.54, 1.807) is 12.3 Å². The number of allylic oxidation sites excluding steroid dienone is 1. The van der Waals surface area contributed by atoms with Gasteiger partial charge in [-0.3, -0.25) is 0 Å². The molecule has 0 aliphatic heterocycles. The van der Waals surface area contributed by atoms with Crippen LogP contribution in [0.2, 0.25) is 4.47 Å². The van der Waals surface area contributed by atoms with Gasteiger partial charge in [0, 0.05) is 10.9 Å². The van der Waals surface area contributed by atoms with Crippen molar-refractivity contribution in [3.05, 3.63) is 56.4 Å². The maximum absolute atomic E-state index is 10.4. The van der Waals surface area contributed by atoms with Crippen LogP contribution >= 0.6 is 34.3 Å². The Morgan fingerprint density at radius 1 is 1.26 bits per heavy atom. The average Bonchev–Trinajstić information content (AvgIpc) is 3.15. The minimum Gasteiger partial charge on any atom is -0.505 e. The van der Waals surface area contributed by atoms with E-state index >= 15 is 0 Å². The first-order valence-corrected chi connectivity index (χ1v) is 8.65. The van der Waals surface area contributed by atoms with E-state index in [1.165, 1.54) is 11.3 Å². The fourth-order valence-electron chi connectivity index (χ4n) is 2.03. The normalized spacial score (nSPS) is 11.9. The zero-order chi connectivity index (χ0) is 16.4. The number of benzene rings is 1. The Hall–Kier alpha value is -2.20. The third kappa shape index (κ3) is 3.13. The minimum absolute atomic E-state index is 0.117. The van der Waals surface area contributed by atoms with Crippen molar-refractivity contribution in [3.63, 3.8) is 0 Å². The van der Waals surface area contributed by atoms with Gasteiger partial charge in [-0.05, 0) is 6.92 Å². The van der Waals surface area contributed by atoms with E-state index in [0.29, 0.717) is 20.7 Å². The highest BCUT2D eigenvalue weighted by molar-refractivity contribution is 7.16. The van der Waals surface area contributed by atoms with Gasteiger partial charge in [-0.25, -0.2) is 9.97 Å². The van der Waals surface area contributed by atoms with Crippen molar-refractivity contribution in [1.29, 1.82) is 5.26 Å². The summed E-state index contributed by atoms with van der Waals surface area (Å²) in [6, 6.07) is 11.7. The maximum Gasteiger partial charge on any atom is 0.184 e. The molecule has 0 saturated carbocycles. The smallest absolute Gasteiger partial charge is 0.184 e. The predicted octanol–water partition coefficient (Wildman–Crippen LogP) is 5.18. The van der Waals surface area contributed by atoms with E-state index in [0.717, 1.165) is 21.9 Å². The Balaban J connectivity index is 2.06. The summed E-state index contributed by atoms with van der Waals surface area (Å²) in [4.78, 5) is 9.01. The fourth-order valence-corrected chi connectivity index (χ4v) is 3.95. The van der Waals surface area contributed by atoms with E-state index < -0.39 is 0 Å². The average molecular weight is 360 g/mol. The Kier molecular flexibility index (Phi) is 4.44. The first-order valence-electron chi connectivity index (χ1n) is 6.58. The lowest BCUT2D eigenvalue weighted by molar-refractivity contribution is 0.515. The van der Waals surface area contributed by atoms with Crippen LogP contribution in [0.3, 0.4) is 0 Å². The van der Waals surface area contributed by atoms with Gasteiger partial charge in [0.1, 0.15) is 16.6 Å². The van der Waals surface area contributed by atoms with Crippen molar-refractivity contribution in [2.45, 2.75) is 6.92 Å². The number of hydrogen-bond acceptors (Lipinski definition) is 6. The van der Waals surface area contributed by atoms with Gasteiger partial charge in [0.05, 0.1) is 16.3 Å². The van der Waals surface area contributed by atoms with Crippen LogP contribution in [0, 0.1) is 18.3 Å². The lowest BCUT2D eigenvalue weighted by Gasteiger charge is -2.00. The summed E-state index contributed by atoms with van der Waals surface area (Å²) < 4.78 is 0.324. The Morgan fingerprint density at radius 3 is 2.61 bits per heavy atom. The van der Waals surface area contributed by atoms with Crippen LogP contribution < -0.4 is 0 Å². The summed E-state index contributed by atoms with van der Waals surface area (Å²) in [6.07, 6.45) is 0. The van der Waals surface area contributed by atoms with Crippen molar-refractivity contribution in [2.24, 2.45) is 0 Å². The molecule has 0 fully saturated rings. The minimum atomic E-state index is -0.140. The molecule has 0 aliphatic carbocycles. The number of aryl methyl sites for hydroxylation is 1. The van der Waals surface area contributed by atoms with Crippen LogP contribution in [-0.4, -0.2) is 15.1 Å². The molecule has 4 nitrogen and oxygen atoms in total. The van der Waals surface area contributed by atoms with Gasteiger partial charge >= 0.3 is 0 Å². The van der Waals surface area contributed by atoms with Crippen molar-refractivity contribution >= 4 is 45.6 Å². The first-order chi connectivity index (χ1) is 11.1. The molecule has 0 saturated heterocycles. The van der Waals surface area contributed by atoms with Gasteiger partial charge < -0.3 is 5.11 Å². The van der Waals surface area contributed by atoms with Crippen LogP contribution in [0.4, 0.5) is 0 Å². The Bertz CT molecular complexity index is 922. The molecule has 0 atom stereocenters. The van der Waals surface area contributed by atoms with Crippen molar-refractivity contribution in [2.75, 3.05) is 0 Å². The lowest BCUT2D eigenvalue weighted by atomic mass is 10.1. The van der Waals surface area contributed by atoms with E-state index in [9.17, 15) is 10.4 Å². The molecular formula is C16H10ClN3OS2. The molecule has 23 heavy (non-hydrogen) atoms. The molecule has 1 aromatic carbocycles. The van der Waals surface area contributed by atoms with Crippen molar-refractivity contribution in [3.8, 4) is 16.6 Å². The van der Waals surface area contributed by atoms with Crippen molar-refractivity contribution < 1.29 is 5.11 Å². The quantitative estimate of drug-likeness (QED) is 0.516. The molecule has 0 amide bonds. The molecule has 2 aromatic heterocycles. The molecule has 3 rings (SSSR count). The number of aliphatic hydroxyl groups excluding tert-OH is 1. The zero-order valence-electron chi connectivity index (χ0n) is 11.9. The summed E-state index contributed by atoms with van der Waals surface area (Å²) in [6.45, 7) is 1.74. The zero-order valence-corrected chi connectivity index (χ0v) is 14.3. The van der Waals surface area contributed by atoms with Crippen LogP contribution in [0.5, 0.6) is 0 Å². The van der Waals surface area contributed by atoms with E-state index in [2.05, 4.69) is 9.97 Å². The summed E-state index contributed by atoms with van der Waals surface area (Å²) in [7, 11) is 0. The van der Waals surface area contributed by atoms with Gasteiger partial charge in [0.2, 0.25) is 0 Å². The van der Waals surface area contributed by atoms with Crippen molar-refractivity contribution in [1.82, 2.24) is 9.97 Å². The van der Waals surface area contributed by atoms with Crippen LogP contribution in [0.1, 0.15) is 16.3 Å². The second-order valence-electron chi connectivity index (χ2n) is 4.62. The predicted molar refractivity (Wildman–Crippen MR) is 94.5 cm³/mol. The Morgan fingerprint density at radius 2 is 2.00 bits per heavy atom. The molecule has 7 heteroatoms. The monoisotopic (exact) mass is 359 g/mol. The molecule has 2 heterocycles. The van der Waals surface area contributed by atoms with Gasteiger partial charge in [0.25, 0.3) is 0 Å². The highest BCUT2D eigenvalue weighted by Gasteiger charge is 2.18. The number of nitriles is 1. The fraction of sp³-hybridized carbons (Fsp3) is 0.0625. The SMILES string of the molecule is Cc1nc(Cl)sc1/C(O)=C(\C#N)c1csc(-c2ccccc2)n1. The highest BCUT2D eigenvalue weighted by Crippen LogP contribution is 2.33. The largest absolute Gasteiger partial charge is 0.505 e. The third-order valence-electron chi connectivity index (χ3n) is 3.12. The van der Waals surface area contributed by atoms with Crippen LogP contribution in [0.15, 0.2) is 35.7 Å². The number of halogens is 1. The molecule has 3 aromatic rings. The molecular weight excluding hydrogens is 350 g/mol. The van der Waals surface area contributed by atoms with Gasteiger partial charge in [-0.15, -0.1) is 11.3 Å². The number of hydrogen-bond donors (Lipinski definition) is 1. The van der Waals surface area contributed by atoms with Gasteiger partial charge in [0.15, 0.2) is 10.2 Å². The summed E-state index contributed by atoms with van der Waals surface area (Å²) >= 11 is 8.42.